The molecule has 8 aromatic rings. The smallest absolute Gasteiger partial charge is 0.160 e. The van der Waals surface area contributed by atoms with Crippen molar-refractivity contribution in [3.05, 3.63) is 180 Å². The summed E-state index contributed by atoms with van der Waals surface area (Å²) >= 11 is 1.82. The minimum Gasteiger partial charge on any atom is -0.231 e. The van der Waals surface area contributed by atoms with Crippen molar-refractivity contribution in [2.24, 2.45) is 0 Å². The van der Waals surface area contributed by atoms with Crippen LogP contribution < -0.4 is 0 Å². The van der Waals surface area contributed by atoms with E-state index in [1.165, 1.54) is 48.0 Å². The minimum atomic E-state index is -0.600. The van der Waals surface area contributed by atoms with Crippen molar-refractivity contribution in [3.8, 4) is 33.8 Å². The van der Waals surface area contributed by atoms with Crippen molar-refractivity contribution in [3.63, 3.8) is 0 Å². The molecule has 1 aliphatic carbocycles. The maximum Gasteiger partial charge on any atom is 0.160 e. The third-order valence-corrected chi connectivity index (χ3v) is 10.1. The standard InChI is InChI=1S/C41H26N2S/c1-3-13-27(14-4-1)36-26-39(43-40(42-36)28-23-24-33-32-19-9-12-22-37(32)44-38(33)25-28)41(29-15-5-2-6-16-29)34-20-10-7-17-30(34)31-18-8-11-21-35(31)41/h1-26H. The van der Waals surface area contributed by atoms with Gasteiger partial charge < -0.3 is 0 Å². The van der Waals surface area contributed by atoms with E-state index in [1.54, 1.807) is 0 Å². The Hall–Kier alpha value is -5.38. The maximum absolute atomic E-state index is 5.51. The van der Waals surface area contributed by atoms with Gasteiger partial charge in [0.15, 0.2) is 5.82 Å². The van der Waals surface area contributed by atoms with Crippen molar-refractivity contribution >= 4 is 31.5 Å². The Morgan fingerprint density at radius 1 is 0.455 bits per heavy atom. The van der Waals surface area contributed by atoms with Crippen LogP contribution >= 0.6 is 11.3 Å². The Morgan fingerprint density at radius 2 is 1.07 bits per heavy atom. The molecule has 44 heavy (non-hydrogen) atoms. The predicted molar refractivity (Wildman–Crippen MR) is 183 cm³/mol. The average molecular weight is 579 g/mol. The molecule has 0 N–H and O–H groups in total. The Kier molecular flexibility index (Phi) is 5.62. The number of nitrogens with zero attached hydrogens (tertiary/aromatic N) is 2. The van der Waals surface area contributed by atoms with Crippen molar-refractivity contribution in [1.29, 1.82) is 0 Å². The Balaban J connectivity index is 1.37. The van der Waals surface area contributed by atoms with Crippen LogP contribution in [0.4, 0.5) is 0 Å². The van der Waals surface area contributed by atoms with Crippen molar-refractivity contribution in [2.75, 3.05) is 0 Å². The molecule has 0 radical (unpaired) electrons. The fourth-order valence-electron chi connectivity index (χ4n) is 7.05. The quantitative estimate of drug-likeness (QED) is 0.208. The molecule has 0 bridgehead atoms. The lowest BCUT2D eigenvalue weighted by atomic mass is 9.69. The zero-order valence-corrected chi connectivity index (χ0v) is 24.6. The van der Waals surface area contributed by atoms with E-state index in [1.807, 2.05) is 11.3 Å². The second-order valence-electron chi connectivity index (χ2n) is 11.3. The van der Waals surface area contributed by atoms with Gasteiger partial charge in [-0.1, -0.05) is 140 Å². The van der Waals surface area contributed by atoms with Crippen LogP contribution in [-0.4, -0.2) is 9.97 Å². The van der Waals surface area contributed by atoms with Crippen LogP contribution in [-0.2, 0) is 5.41 Å². The van der Waals surface area contributed by atoms with Gasteiger partial charge >= 0.3 is 0 Å². The van der Waals surface area contributed by atoms with Crippen LogP contribution in [0.5, 0.6) is 0 Å². The first-order valence-electron chi connectivity index (χ1n) is 14.9. The van der Waals surface area contributed by atoms with Gasteiger partial charge in [0.25, 0.3) is 0 Å². The molecule has 0 spiro atoms. The van der Waals surface area contributed by atoms with Crippen LogP contribution in [0, 0.1) is 0 Å². The van der Waals surface area contributed by atoms with Crippen molar-refractivity contribution < 1.29 is 0 Å². The number of benzene rings is 6. The van der Waals surface area contributed by atoms with Gasteiger partial charge in [0.2, 0.25) is 0 Å². The van der Waals surface area contributed by atoms with Crippen LogP contribution in [0.25, 0.3) is 53.9 Å². The number of rotatable bonds is 4. The second-order valence-corrected chi connectivity index (χ2v) is 12.4. The highest BCUT2D eigenvalue weighted by atomic mass is 32.1. The first kappa shape index (κ1) is 25.1. The van der Waals surface area contributed by atoms with Gasteiger partial charge in [-0.15, -0.1) is 11.3 Å². The molecule has 0 amide bonds. The summed E-state index contributed by atoms with van der Waals surface area (Å²) in [5.74, 6) is 0.734. The molecule has 9 rings (SSSR count). The van der Waals surface area contributed by atoms with Crippen LogP contribution in [0.1, 0.15) is 22.4 Å². The largest absolute Gasteiger partial charge is 0.231 e. The van der Waals surface area contributed by atoms with E-state index in [9.17, 15) is 0 Å². The molecule has 2 aromatic heterocycles. The van der Waals surface area contributed by atoms with Gasteiger partial charge in [-0.2, -0.15) is 0 Å². The molecular formula is C41H26N2S. The summed E-state index contributed by atoms with van der Waals surface area (Å²) < 4.78 is 2.54. The highest BCUT2D eigenvalue weighted by Crippen LogP contribution is 2.56. The van der Waals surface area contributed by atoms with Gasteiger partial charge in [0.05, 0.1) is 16.8 Å². The lowest BCUT2D eigenvalue weighted by molar-refractivity contribution is 0.732. The van der Waals surface area contributed by atoms with E-state index < -0.39 is 5.41 Å². The van der Waals surface area contributed by atoms with E-state index in [0.29, 0.717) is 0 Å². The zero-order chi connectivity index (χ0) is 29.1. The van der Waals surface area contributed by atoms with E-state index in [4.69, 9.17) is 9.97 Å². The summed E-state index contributed by atoms with van der Waals surface area (Å²) in [5, 5.41) is 2.56. The maximum atomic E-state index is 5.51. The number of hydrogen-bond donors (Lipinski definition) is 0. The molecule has 0 saturated heterocycles. The summed E-state index contributed by atoms with van der Waals surface area (Å²) in [4.78, 5) is 10.7. The van der Waals surface area contributed by atoms with E-state index >= 15 is 0 Å². The molecule has 2 heterocycles. The van der Waals surface area contributed by atoms with Gasteiger partial charge in [-0.05, 0) is 46.0 Å². The third kappa shape index (κ3) is 3.66. The fourth-order valence-corrected chi connectivity index (χ4v) is 8.19. The van der Waals surface area contributed by atoms with Gasteiger partial charge in [0.1, 0.15) is 0 Å². The zero-order valence-electron chi connectivity index (χ0n) is 23.8. The predicted octanol–water partition coefficient (Wildman–Crippen LogP) is 10.5. The Bertz CT molecular complexity index is 2290. The summed E-state index contributed by atoms with van der Waals surface area (Å²) in [6.07, 6.45) is 0. The first-order chi connectivity index (χ1) is 21.8. The first-order valence-corrected chi connectivity index (χ1v) is 15.7. The molecule has 3 heteroatoms. The number of thiophene rings is 1. The highest BCUT2D eigenvalue weighted by Gasteiger charge is 2.47. The summed E-state index contributed by atoms with van der Waals surface area (Å²) in [5.41, 5.74) is 9.57. The molecule has 0 atom stereocenters. The van der Waals surface area contributed by atoms with E-state index in [2.05, 4.69) is 158 Å². The number of hydrogen-bond acceptors (Lipinski definition) is 3. The molecule has 0 fully saturated rings. The normalized spacial score (nSPS) is 13.2. The van der Waals surface area contributed by atoms with Crippen LogP contribution in [0.3, 0.4) is 0 Å². The Morgan fingerprint density at radius 3 is 1.82 bits per heavy atom. The molecule has 0 unspecified atom stereocenters. The summed E-state index contributed by atoms with van der Waals surface area (Å²) in [7, 11) is 0. The van der Waals surface area contributed by atoms with Gasteiger partial charge in [-0.25, -0.2) is 9.97 Å². The summed E-state index contributed by atoms with van der Waals surface area (Å²) in [6.45, 7) is 0. The monoisotopic (exact) mass is 578 g/mol. The molecule has 1 aliphatic rings. The van der Waals surface area contributed by atoms with Gasteiger partial charge in [-0.3, -0.25) is 0 Å². The Labute approximate surface area is 260 Å². The van der Waals surface area contributed by atoms with Crippen molar-refractivity contribution in [1.82, 2.24) is 9.97 Å². The van der Waals surface area contributed by atoms with E-state index in [-0.39, 0.29) is 0 Å². The SMILES string of the molecule is c1ccc(-c2cc(C3(c4ccccc4)c4ccccc4-c4ccccc43)nc(-c3ccc4c(c3)sc3ccccc34)n2)cc1. The lowest BCUT2D eigenvalue weighted by Gasteiger charge is -2.33. The average Bonchev–Trinajstić information content (AvgIpc) is 3.62. The minimum absolute atomic E-state index is 0.600. The highest BCUT2D eigenvalue weighted by molar-refractivity contribution is 7.25. The third-order valence-electron chi connectivity index (χ3n) is 8.98. The molecular weight excluding hydrogens is 553 g/mol. The second kappa shape index (κ2) is 9.84. The topological polar surface area (TPSA) is 25.8 Å². The fraction of sp³-hybridized carbons (Fsp3) is 0.0244. The van der Waals surface area contributed by atoms with Gasteiger partial charge in [0, 0.05) is 31.3 Å². The molecule has 0 saturated carbocycles. The lowest BCUT2D eigenvalue weighted by Crippen LogP contribution is -2.30. The summed E-state index contributed by atoms with van der Waals surface area (Å²) in [6, 6.07) is 56.4. The molecule has 2 nitrogen and oxygen atoms in total. The molecule has 0 aliphatic heterocycles. The van der Waals surface area contributed by atoms with Crippen LogP contribution in [0.2, 0.25) is 0 Å². The van der Waals surface area contributed by atoms with E-state index in [0.717, 1.165) is 28.3 Å². The van der Waals surface area contributed by atoms with Crippen LogP contribution in [0.15, 0.2) is 158 Å². The van der Waals surface area contributed by atoms with Crippen molar-refractivity contribution in [2.45, 2.75) is 5.41 Å². The molecule has 206 valence electrons. The number of fused-ring (bicyclic) bond motifs is 6. The molecule has 6 aromatic carbocycles. The number of aromatic nitrogens is 2.